The van der Waals surface area contributed by atoms with Crippen molar-refractivity contribution in [3.05, 3.63) is 0 Å². The van der Waals surface area contributed by atoms with Gasteiger partial charge in [0, 0.05) is 0 Å². The van der Waals surface area contributed by atoms with Crippen LogP contribution in [0.15, 0.2) is 0 Å². The van der Waals surface area contributed by atoms with Gasteiger partial charge in [-0.05, 0) is 67.6 Å². The predicted molar refractivity (Wildman–Crippen MR) is 68.7 cm³/mol. The molecule has 7 unspecified atom stereocenters. The van der Waals surface area contributed by atoms with E-state index >= 15 is 0 Å². The lowest BCUT2D eigenvalue weighted by Gasteiger charge is -2.38. The number of fused-ring (bicyclic) bond motifs is 9. The van der Waals surface area contributed by atoms with Crippen LogP contribution in [0.5, 0.6) is 0 Å². The molecule has 4 rings (SSSR count). The molecule has 7 atom stereocenters. The van der Waals surface area contributed by atoms with Crippen LogP contribution in [-0.2, 0) is 9.53 Å². The SMILES string of the molecule is CC(C)C(=O)OC1CC2CC1C1C3CCC(C3)C21. The molecule has 4 fully saturated rings. The van der Waals surface area contributed by atoms with Gasteiger partial charge in [0.15, 0.2) is 0 Å². The summed E-state index contributed by atoms with van der Waals surface area (Å²) in [7, 11) is 0. The summed E-state index contributed by atoms with van der Waals surface area (Å²) in [6.07, 6.45) is 7.25. The van der Waals surface area contributed by atoms with E-state index in [1.54, 1.807) is 0 Å². The molecule has 4 saturated carbocycles. The van der Waals surface area contributed by atoms with E-state index in [1.165, 1.54) is 32.1 Å². The fourth-order valence-corrected chi connectivity index (χ4v) is 5.93. The van der Waals surface area contributed by atoms with Gasteiger partial charge in [-0.2, -0.15) is 0 Å². The molecule has 0 amide bonds. The molecular formula is C16H24O2. The maximum absolute atomic E-state index is 11.8. The standard InChI is InChI=1S/C16H24O2/c1-8(2)16(17)18-13-7-11-6-12(13)15-10-4-3-9(5-10)14(11)15/h8-15H,3-7H2,1-2H3. The van der Waals surface area contributed by atoms with Gasteiger partial charge in [0.1, 0.15) is 6.10 Å². The Labute approximate surface area is 109 Å². The normalized spacial score (nSPS) is 52.1. The highest BCUT2D eigenvalue weighted by Crippen LogP contribution is 2.67. The summed E-state index contributed by atoms with van der Waals surface area (Å²) in [5.74, 6) is 5.62. The zero-order chi connectivity index (χ0) is 12.4. The van der Waals surface area contributed by atoms with E-state index < -0.39 is 0 Å². The zero-order valence-corrected chi connectivity index (χ0v) is 11.5. The van der Waals surface area contributed by atoms with Crippen LogP contribution in [0.4, 0.5) is 0 Å². The van der Waals surface area contributed by atoms with E-state index in [2.05, 4.69) is 0 Å². The number of carbonyl (C=O) groups is 1. The van der Waals surface area contributed by atoms with E-state index in [0.717, 1.165) is 35.5 Å². The van der Waals surface area contributed by atoms with Crippen LogP contribution in [0.3, 0.4) is 0 Å². The second kappa shape index (κ2) is 3.74. The van der Waals surface area contributed by atoms with Crippen molar-refractivity contribution < 1.29 is 9.53 Å². The first-order valence-electron chi connectivity index (χ1n) is 7.85. The van der Waals surface area contributed by atoms with Crippen molar-refractivity contribution >= 4 is 5.97 Å². The minimum Gasteiger partial charge on any atom is -0.462 e. The Morgan fingerprint density at radius 2 is 1.72 bits per heavy atom. The molecule has 0 saturated heterocycles. The fourth-order valence-electron chi connectivity index (χ4n) is 5.93. The summed E-state index contributed by atoms with van der Waals surface area (Å²) in [6, 6.07) is 0. The Morgan fingerprint density at radius 3 is 2.44 bits per heavy atom. The van der Waals surface area contributed by atoms with Gasteiger partial charge >= 0.3 is 5.97 Å². The van der Waals surface area contributed by atoms with E-state index in [0.29, 0.717) is 0 Å². The molecule has 0 aromatic rings. The second-order valence-electron chi connectivity index (χ2n) is 7.51. The number of carbonyl (C=O) groups excluding carboxylic acids is 1. The number of hydrogen-bond acceptors (Lipinski definition) is 2. The van der Waals surface area contributed by atoms with Gasteiger partial charge in [0.05, 0.1) is 5.92 Å². The van der Waals surface area contributed by atoms with Crippen LogP contribution in [0.25, 0.3) is 0 Å². The molecule has 18 heavy (non-hydrogen) atoms. The number of rotatable bonds is 2. The Bertz CT molecular complexity index is 375. The highest BCUT2D eigenvalue weighted by Gasteiger charge is 2.63. The summed E-state index contributed by atoms with van der Waals surface area (Å²) < 4.78 is 5.78. The molecule has 0 aromatic heterocycles. The topological polar surface area (TPSA) is 26.3 Å². The van der Waals surface area contributed by atoms with Gasteiger partial charge in [-0.1, -0.05) is 13.8 Å². The molecule has 4 aliphatic rings. The predicted octanol–water partition coefficient (Wildman–Crippen LogP) is 3.26. The minimum atomic E-state index is 0.0206. The summed E-state index contributed by atoms with van der Waals surface area (Å²) in [5, 5.41) is 0. The maximum atomic E-state index is 11.8. The molecule has 0 aromatic carbocycles. The molecule has 0 aliphatic heterocycles. The molecule has 4 bridgehead atoms. The van der Waals surface area contributed by atoms with Crippen molar-refractivity contribution in [3.8, 4) is 0 Å². The Morgan fingerprint density at radius 1 is 1.00 bits per heavy atom. The van der Waals surface area contributed by atoms with Crippen molar-refractivity contribution in [2.45, 2.75) is 52.1 Å². The van der Waals surface area contributed by atoms with Crippen LogP contribution in [0.2, 0.25) is 0 Å². The summed E-state index contributed by atoms with van der Waals surface area (Å²) >= 11 is 0. The molecule has 0 spiro atoms. The van der Waals surface area contributed by atoms with Crippen molar-refractivity contribution in [3.63, 3.8) is 0 Å². The Kier molecular flexibility index (Phi) is 2.35. The van der Waals surface area contributed by atoms with Crippen LogP contribution in [0, 0.1) is 41.4 Å². The first-order valence-corrected chi connectivity index (χ1v) is 7.85. The summed E-state index contributed by atoms with van der Waals surface area (Å²) in [4.78, 5) is 11.8. The minimum absolute atomic E-state index is 0.0206. The second-order valence-corrected chi connectivity index (χ2v) is 7.51. The van der Waals surface area contributed by atoms with E-state index in [9.17, 15) is 4.79 Å². The quantitative estimate of drug-likeness (QED) is 0.554. The van der Waals surface area contributed by atoms with Gasteiger partial charge in [-0.3, -0.25) is 4.79 Å². The van der Waals surface area contributed by atoms with Crippen molar-refractivity contribution in [1.29, 1.82) is 0 Å². The number of esters is 1. The fraction of sp³-hybridized carbons (Fsp3) is 0.938. The van der Waals surface area contributed by atoms with Crippen LogP contribution >= 0.6 is 0 Å². The summed E-state index contributed by atoms with van der Waals surface area (Å²) in [5.41, 5.74) is 0. The lowest BCUT2D eigenvalue weighted by Crippen LogP contribution is -2.37. The van der Waals surface area contributed by atoms with Crippen molar-refractivity contribution in [1.82, 2.24) is 0 Å². The van der Waals surface area contributed by atoms with Gasteiger partial charge in [0.2, 0.25) is 0 Å². The van der Waals surface area contributed by atoms with Gasteiger partial charge in [-0.25, -0.2) is 0 Å². The third-order valence-corrected chi connectivity index (χ3v) is 6.41. The molecule has 2 heteroatoms. The van der Waals surface area contributed by atoms with Gasteiger partial charge in [0.25, 0.3) is 0 Å². The average Bonchev–Trinajstić information content (AvgIpc) is 3.06. The van der Waals surface area contributed by atoms with Gasteiger partial charge < -0.3 is 4.74 Å². The molecule has 0 heterocycles. The summed E-state index contributed by atoms with van der Waals surface area (Å²) in [6.45, 7) is 3.88. The third-order valence-electron chi connectivity index (χ3n) is 6.41. The highest BCUT2D eigenvalue weighted by atomic mass is 16.5. The monoisotopic (exact) mass is 248 g/mol. The van der Waals surface area contributed by atoms with Crippen LogP contribution in [-0.4, -0.2) is 12.1 Å². The molecule has 2 nitrogen and oxygen atoms in total. The van der Waals surface area contributed by atoms with E-state index in [1.807, 2.05) is 13.8 Å². The van der Waals surface area contributed by atoms with Crippen LogP contribution < -0.4 is 0 Å². The Balaban J connectivity index is 1.50. The maximum Gasteiger partial charge on any atom is 0.308 e. The molecule has 4 aliphatic carbocycles. The highest BCUT2D eigenvalue weighted by molar-refractivity contribution is 5.71. The van der Waals surface area contributed by atoms with E-state index in [4.69, 9.17) is 4.74 Å². The average molecular weight is 248 g/mol. The molecule has 100 valence electrons. The molecular weight excluding hydrogens is 224 g/mol. The Hall–Kier alpha value is -0.530. The number of hydrogen-bond donors (Lipinski definition) is 0. The molecule has 0 radical (unpaired) electrons. The van der Waals surface area contributed by atoms with Crippen molar-refractivity contribution in [2.24, 2.45) is 41.4 Å². The lowest BCUT2D eigenvalue weighted by atomic mass is 9.70. The number of ether oxygens (including phenoxy) is 1. The zero-order valence-electron chi connectivity index (χ0n) is 11.5. The smallest absolute Gasteiger partial charge is 0.308 e. The first-order chi connectivity index (χ1) is 8.65. The van der Waals surface area contributed by atoms with Crippen LogP contribution in [0.1, 0.15) is 46.0 Å². The van der Waals surface area contributed by atoms with Gasteiger partial charge in [-0.15, -0.1) is 0 Å². The largest absolute Gasteiger partial charge is 0.462 e. The molecule has 0 N–H and O–H groups in total. The first kappa shape index (κ1) is 11.3. The van der Waals surface area contributed by atoms with E-state index in [-0.39, 0.29) is 18.0 Å². The third kappa shape index (κ3) is 1.38. The lowest BCUT2D eigenvalue weighted by molar-refractivity contribution is -0.157. The van der Waals surface area contributed by atoms with Crippen molar-refractivity contribution in [2.75, 3.05) is 0 Å².